The lowest BCUT2D eigenvalue weighted by atomic mass is 10.1. The zero-order valence-electron chi connectivity index (χ0n) is 18.7. The molecular formula is C24H30N6O2. The summed E-state index contributed by atoms with van der Waals surface area (Å²) in [4.78, 5) is 35.7. The van der Waals surface area contributed by atoms with E-state index in [0.29, 0.717) is 5.56 Å². The minimum Gasteiger partial charge on any atom is -0.369 e. The Kier molecular flexibility index (Phi) is 5.46. The summed E-state index contributed by atoms with van der Waals surface area (Å²) in [6.45, 7) is 7.49. The number of carbonyl (C=O) groups is 2. The van der Waals surface area contributed by atoms with Crippen LogP contribution in [-0.2, 0) is 6.54 Å². The highest BCUT2D eigenvalue weighted by Gasteiger charge is 2.37. The molecule has 168 valence electrons. The smallest absolute Gasteiger partial charge is 0.322 e. The summed E-state index contributed by atoms with van der Waals surface area (Å²) in [6, 6.07) is 8.15. The molecule has 32 heavy (non-hydrogen) atoms. The second-order valence-corrected chi connectivity index (χ2v) is 8.90. The Balaban J connectivity index is 1.22. The zero-order chi connectivity index (χ0) is 22.2. The number of piperazine rings is 1. The molecular weight excluding hydrogens is 404 g/mol. The number of benzene rings is 1. The molecule has 4 heterocycles. The molecule has 2 N–H and O–H groups in total. The molecule has 8 heteroatoms. The topological polar surface area (TPSA) is 80.8 Å². The molecule has 0 bridgehead atoms. The maximum absolute atomic E-state index is 12.4. The lowest BCUT2D eigenvalue weighted by Crippen LogP contribution is -2.46. The Morgan fingerprint density at radius 1 is 1.19 bits per heavy atom. The van der Waals surface area contributed by atoms with Crippen LogP contribution in [0.1, 0.15) is 46.1 Å². The number of nitrogens with one attached hydrogen (secondary N) is 2. The fourth-order valence-electron chi connectivity index (χ4n) is 5.15. The van der Waals surface area contributed by atoms with E-state index < -0.39 is 0 Å². The number of rotatable bonds is 4. The standard InChI is InChI=1S/C24H30N6O2/c1-16-12-18(23(31)25-2)5-6-20(16)29-10-8-28(9-11-29)15-17-13-19-22(26-14-17)21-4-3-7-30(21)24(32)27-19/h5-6,12-14,21H,3-4,7-11,15H2,1-2H3,(H,25,31)(H,27,32). The molecule has 1 atom stereocenters. The minimum atomic E-state index is -0.0556. The number of nitrogens with zero attached hydrogens (tertiary/aromatic N) is 4. The van der Waals surface area contributed by atoms with Crippen molar-refractivity contribution in [1.82, 2.24) is 20.1 Å². The third-order valence-electron chi connectivity index (χ3n) is 6.85. The van der Waals surface area contributed by atoms with E-state index in [9.17, 15) is 9.59 Å². The van der Waals surface area contributed by atoms with Gasteiger partial charge in [-0.3, -0.25) is 14.7 Å². The van der Waals surface area contributed by atoms with Crippen LogP contribution in [0, 0.1) is 6.92 Å². The van der Waals surface area contributed by atoms with Crippen molar-refractivity contribution >= 4 is 23.3 Å². The average Bonchev–Trinajstić information content (AvgIpc) is 3.30. The zero-order valence-corrected chi connectivity index (χ0v) is 18.7. The molecule has 1 aromatic carbocycles. The van der Waals surface area contributed by atoms with E-state index in [2.05, 4.69) is 39.5 Å². The minimum absolute atomic E-state index is 0.00497. The molecule has 1 unspecified atom stereocenters. The monoisotopic (exact) mass is 434 g/mol. The number of carbonyl (C=O) groups excluding carboxylic acids is 2. The Morgan fingerprint density at radius 3 is 2.75 bits per heavy atom. The first-order chi connectivity index (χ1) is 15.5. The van der Waals surface area contributed by atoms with E-state index in [4.69, 9.17) is 4.98 Å². The Hall–Kier alpha value is -3.13. The lowest BCUT2D eigenvalue weighted by Gasteiger charge is -2.37. The van der Waals surface area contributed by atoms with Crippen molar-refractivity contribution in [3.8, 4) is 0 Å². The molecule has 1 aromatic heterocycles. The van der Waals surface area contributed by atoms with Gasteiger partial charge < -0.3 is 20.4 Å². The maximum atomic E-state index is 12.4. The molecule has 3 aliphatic rings. The number of hydrogen-bond acceptors (Lipinski definition) is 5. The summed E-state index contributed by atoms with van der Waals surface area (Å²) >= 11 is 0. The molecule has 5 rings (SSSR count). The summed E-state index contributed by atoms with van der Waals surface area (Å²) in [7, 11) is 1.65. The van der Waals surface area contributed by atoms with E-state index in [1.54, 1.807) is 7.05 Å². The molecule has 2 fully saturated rings. The van der Waals surface area contributed by atoms with Crippen LogP contribution in [-0.4, -0.2) is 66.5 Å². The van der Waals surface area contributed by atoms with Crippen molar-refractivity contribution in [2.45, 2.75) is 32.4 Å². The van der Waals surface area contributed by atoms with Crippen LogP contribution in [0.3, 0.4) is 0 Å². The van der Waals surface area contributed by atoms with E-state index in [0.717, 1.165) is 74.6 Å². The normalized spacial score (nSPS) is 20.6. The van der Waals surface area contributed by atoms with E-state index >= 15 is 0 Å². The van der Waals surface area contributed by atoms with Crippen LogP contribution in [0.25, 0.3) is 0 Å². The van der Waals surface area contributed by atoms with Crippen LogP contribution >= 0.6 is 0 Å². The molecule has 0 radical (unpaired) electrons. The second kappa shape index (κ2) is 8.43. The van der Waals surface area contributed by atoms with E-state index in [1.165, 1.54) is 5.69 Å². The summed E-state index contributed by atoms with van der Waals surface area (Å²) in [6.07, 6.45) is 4.01. The van der Waals surface area contributed by atoms with Crippen LogP contribution in [0.5, 0.6) is 0 Å². The van der Waals surface area contributed by atoms with Gasteiger partial charge in [-0.05, 0) is 55.2 Å². The highest BCUT2D eigenvalue weighted by Crippen LogP contribution is 2.38. The number of urea groups is 1. The molecule has 8 nitrogen and oxygen atoms in total. The van der Waals surface area contributed by atoms with Crippen molar-refractivity contribution < 1.29 is 9.59 Å². The van der Waals surface area contributed by atoms with Crippen molar-refractivity contribution in [2.75, 3.05) is 50.0 Å². The van der Waals surface area contributed by atoms with Crippen LogP contribution in [0.2, 0.25) is 0 Å². The SMILES string of the molecule is CNC(=O)c1ccc(N2CCN(Cc3cnc4c(c3)NC(=O)N3CCCC43)CC2)c(C)c1. The van der Waals surface area contributed by atoms with Crippen LogP contribution in [0.15, 0.2) is 30.5 Å². The van der Waals surface area contributed by atoms with Crippen molar-refractivity contribution in [3.05, 3.63) is 52.8 Å². The molecule has 0 saturated carbocycles. The Morgan fingerprint density at radius 2 is 2.00 bits per heavy atom. The fraction of sp³-hybridized carbons (Fsp3) is 0.458. The first-order valence-electron chi connectivity index (χ1n) is 11.4. The van der Waals surface area contributed by atoms with E-state index in [1.807, 2.05) is 23.2 Å². The quantitative estimate of drug-likeness (QED) is 0.774. The van der Waals surface area contributed by atoms with E-state index in [-0.39, 0.29) is 18.0 Å². The van der Waals surface area contributed by atoms with Gasteiger partial charge in [0.1, 0.15) is 0 Å². The molecule has 2 saturated heterocycles. The number of anilines is 2. The van der Waals surface area contributed by atoms with Gasteiger partial charge in [-0.15, -0.1) is 0 Å². The fourth-order valence-corrected chi connectivity index (χ4v) is 5.15. The van der Waals surface area contributed by atoms with Gasteiger partial charge in [0, 0.05) is 63.8 Å². The van der Waals surface area contributed by atoms with Crippen molar-refractivity contribution in [3.63, 3.8) is 0 Å². The number of fused-ring (bicyclic) bond motifs is 3. The molecule has 2 aromatic rings. The number of hydrogen-bond donors (Lipinski definition) is 2. The summed E-state index contributed by atoms with van der Waals surface area (Å²) in [5.74, 6) is -0.0556. The van der Waals surface area contributed by atoms with Crippen LogP contribution in [0.4, 0.5) is 16.2 Å². The number of amides is 3. The first-order valence-corrected chi connectivity index (χ1v) is 11.4. The largest absolute Gasteiger partial charge is 0.369 e. The lowest BCUT2D eigenvalue weighted by molar-refractivity contribution is 0.0963. The van der Waals surface area contributed by atoms with Gasteiger partial charge in [-0.2, -0.15) is 0 Å². The predicted molar refractivity (Wildman–Crippen MR) is 124 cm³/mol. The van der Waals surface area contributed by atoms with Gasteiger partial charge in [0.25, 0.3) is 5.91 Å². The first kappa shape index (κ1) is 20.8. The number of pyridine rings is 1. The average molecular weight is 435 g/mol. The van der Waals surface area contributed by atoms with Gasteiger partial charge in [-0.1, -0.05) is 0 Å². The van der Waals surface area contributed by atoms with Crippen LogP contribution < -0.4 is 15.5 Å². The third kappa shape index (κ3) is 3.79. The third-order valence-corrected chi connectivity index (χ3v) is 6.85. The van der Waals surface area contributed by atoms with Gasteiger partial charge in [0.2, 0.25) is 0 Å². The molecule has 3 amide bonds. The summed E-state index contributed by atoms with van der Waals surface area (Å²) < 4.78 is 0. The van der Waals surface area contributed by atoms with Crippen molar-refractivity contribution in [1.29, 1.82) is 0 Å². The summed E-state index contributed by atoms with van der Waals surface area (Å²) in [5, 5.41) is 5.71. The molecule has 0 aliphatic carbocycles. The Labute approximate surface area is 188 Å². The maximum Gasteiger partial charge on any atom is 0.322 e. The molecule has 0 spiro atoms. The highest BCUT2D eigenvalue weighted by atomic mass is 16.2. The van der Waals surface area contributed by atoms with Gasteiger partial charge >= 0.3 is 6.03 Å². The number of aromatic nitrogens is 1. The summed E-state index contributed by atoms with van der Waals surface area (Å²) in [5.41, 5.74) is 6.02. The number of aryl methyl sites for hydroxylation is 1. The van der Waals surface area contributed by atoms with Crippen molar-refractivity contribution in [2.24, 2.45) is 0 Å². The second-order valence-electron chi connectivity index (χ2n) is 8.90. The van der Waals surface area contributed by atoms with Gasteiger partial charge in [0.05, 0.1) is 17.4 Å². The predicted octanol–water partition coefficient (Wildman–Crippen LogP) is 2.75. The Bertz CT molecular complexity index is 1050. The highest BCUT2D eigenvalue weighted by molar-refractivity contribution is 5.94. The molecule has 3 aliphatic heterocycles. The van der Waals surface area contributed by atoms with Gasteiger partial charge in [0.15, 0.2) is 0 Å². The van der Waals surface area contributed by atoms with Gasteiger partial charge in [-0.25, -0.2) is 4.79 Å².